The predicted octanol–water partition coefficient (Wildman–Crippen LogP) is 3.58. The number of likely N-dealkylation sites (N-methyl/N-ethyl adjacent to an activating group) is 1. The summed E-state index contributed by atoms with van der Waals surface area (Å²) < 4.78 is 56.8. The van der Waals surface area contributed by atoms with Crippen LogP contribution in [0.2, 0.25) is 0 Å². The minimum absolute atomic E-state index is 0.00906. The van der Waals surface area contributed by atoms with E-state index in [2.05, 4.69) is 5.92 Å². The van der Waals surface area contributed by atoms with E-state index in [1.807, 2.05) is 25.9 Å². The van der Waals surface area contributed by atoms with Crippen LogP contribution in [0.4, 0.5) is 0 Å². The van der Waals surface area contributed by atoms with Gasteiger partial charge in [-0.15, -0.1) is 6.42 Å². The number of methoxy groups -OCH3 is 1. The predicted molar refractivity (Wildman–Crippen MR) is 218 cm³/mol. The fourth-order valence-electron chi connectivity index (χ4n) is 9.42. The normalized spacial score (nSPS) is 43.6. The Labute approximate surface area is 356 Å². The number of nitrogens with zero attached hydrogens (tertiary/aromatic N) is 1. The Kier molecular flexibility index (Phi) is 18.2. The average molecular weight is 856 g/mol. The van der Waals surface area contributed by atoms with Crippen LogP contribution in [-0.4, -0.2) is 151 Å². The first kappa shape index (κ1) is 51.6. The molecule has 3 aliphatic rings. The van der Waals surface area contributed by atoms with Crippen LogP contribution >= 0.6 is 0 Å². The van der Waals surface area contributed by atoms with Gasteiger partial charge >= 0.3 is 17.9 Å². The van der Waals surface area contributed by atoms with Gasteiger partial charge in [0, 0.05) is 45.1 Å². The molecule has 0 saturated carbocycles. The van der Waals surface area contributed by atoms with Crippen molar-refractivity contribution < 1.29 is 72.0 Å². The Morgan fingerprint density at radius 2 is 1.52 bits per heavy atom. The van der Waals surface area contributed by atoms with E-state index >= 15 is 0 Å². The molecular formula is C44H73NO15. The van der Waals surface area contributed by atoms with Crippen molar-refractivity contribution in [1.29, 1.82) is 0 Å². The van der Waals surface area contributed by atoms with E-state index < -0.39 is 114 Å². The van der Waals surface area contributed by atoms with E-state index in [1.54, 1.807) is 48.5 Å². The third-order valence-corrected chi connectivity index (χ3v) is 12.8. The standard InChI is InChI=1S/C44H73NO15/c1-17-19-53-43(12)21-23(3)34(48)25(5)37(49)44(13,51)32(18-2)58-40(50)27(7)35(59-33-22-42(11,52-16)39(28(8)55-33)57-30(10)47)26(6)38(43)60-41-36(56-29(9)46)31(45(14)15)20-24(4)54-41/h1,23-28,31-33,35-39,41,49,51H,18-22H2,2-16H3/t23-,24-,25+,26+,27-,28+,31+,32?,33+,35?,36-,37-,38-,39+,41+,42-,43-,44-/m1/s1. The molecule has 18 atom stereocenters. The van der Waals surface area contributed by atoms with Crippen molar-refractivity contribution in [3.63, 3.8) is 0 Å². The molecule has 0 bridgehead atoms. The topological polar surface area (TPSA) is 195 Å². The molecule has 60 heavy (non-hydrogen) atoms. The zero-order valence-corrected chi connectivity index (χ0v) is 38.4. The molecule has 0 aromatic carbocycles. The lowest BCUT2D eigenvalue weighted by Gasteiger charge is -2.50. The van der Waals surface area contributed by atoms with Crippen LogP contribution < -0.4 is 0 Å². The highest BCUT2D eigenvalue weighted by Crippen LogP contribution is 2.42. The summed E-state index contributed by atoms with van der Waals surface area (Å²) in [4.78, 5) is 55.4. The molecular weight excluding hydrogens is 782 g/mol. The Bertz CT molecular complexity index is 1520. The van der Waals surface area contributed by atoms with Gasteiger partial charge in [0.25, 0.3) is 0 Å². The van der Waals surface area contributed by atoms with Crippen LogP contribution in [0, 0.1) is 36.0 Å². The van der Waals surface area contributed by atoms with Crippen molar-refractivity contribution in [2.75, 3.05) is 27.8 Å². The van der Waals surface area contributed by atoms with E-state index in [0.717, 1.165) is 0 Å². The summed E-state index contributed by atoms with van der Waals surface area (Å²) in [7, 11) is 5.23. The molecule has 0 aliphatic carbocycles. The van der Waals surface area contributed by atoms with Gasteiger partial charge in [-0.25, -0.2) is 0 Å². The van der Waals surface area contributed by atoms with Gasteiger partial charge in [-0.2, -0.15) is 0 Å². The lowest BCUT2D eigenvalue weighted by molar-refractivity contribution is -0.321. The Morgan fingerprint density at radius 1 is 0.900 bits per heavy atom. The van der Waals surface area contributed by atoms with Crippen LogP contribution in [0.5, 0.6) is 0 Å². The first-order chi connectivity index (χ1) is 27.8. The largest absolute Gasteiger partial charge is 0.459 e. The smallest absolute Gasteiger partial charge is 0.311 e. The Balaban J connectivity index is 2.33. The third kappa shape index (κ3) is 11.8. The van der Waals surface area contributed by atoms with Gasteiger partial charge in [0.2, 0.25) is 0 Å². The number of aliphatic hydroxyl groups is 2. The molecule has 2 unspecified atom stereocenters. The first-order valence-corrected chi connectivity index (χ1v) is 21.2. The molecule has 0 aromatic heterocycles. The number of carbonyl (C=O) groups excluding carboxylic acids is 4. The van der Waals surface area contributed by atoms with Gasteiger partial charge in [-0.3, -0.25) is 19.2 Å². The van der Waals surface area contributed by atoms with Crippen molar-refractivity contribution >= 4 is 23.7 Å². The number of hydrogen-bond acceptors (Lipinski definition) is 16. The Morgan fingerprint density at radius 3 is 2.05 bits per heavy atom. The second-order valence-electron chi connectivity index (χ2n) is 18.1. The molecule has 0 spiro atoms. The van der Waals surface area contributed by atoms with Gasteiger partial charge in [-0.05, 0) is 74.9 Å². The number of aliphatic hydroxyl groups excluding tert-OH is 1. The molecule has 3 saturated heterocycles. The monoisotopic (exact) mass is 855 g/mol. The van der Waals surface area contributed by atoms with Crippen LogP contribution in [0.3, 0.4) is 0 Å². The summed E-state index contributed by atoms with van der Waals surface area (Å²) in [6, 6.07) is -0.328. The third-order valence-electron chi connectivity index (χ3n) is 12.8. The van der Waals surface area contributed by atoms with E-state index in [1.165, 1.54) is 34.8 Å². The van der Waals surface area contributed by atoms with Crippen molar-refractivity contribution in [1.82, 2.24) is 4.90 Å². The molecule has 3 rings (SSSR count). The quantitative estimate of drug-likeness (QED) is 0.174. The lowest BCUT2D eigenvalue weighted by atomic mass is 9.73. The average Bonchev–Trinajstić information content (AvgIpc) is 3.16. The SMILES string of the molecule is C#CCO[C@]1(C)C[C@@H](C)C(=O)[C@H](C)[C@@H](O)[C@](C)(O)C(CC)OC(=O)[C@H](C)C(O[C@H]2C[C@@](C)(OC)[C@@H](OC(C)=O)[C@H](C)O2)[C@H](C)[C@H]1O[C@@H]1O[C@H](C)C[C@H](N(C)C)[C@H]1OC(C)=O. The summed E-state index contributed by atoms with van der Waals surface area (Å²) >= 11 is 0. The Hall–Kier alpha value is -2.72. The number of Topliss-reactive ketones (excluding diaryl/α,β-unsaturated/α-hetero) is 1. The van der Waals surface area contributed by atoms with Crippen LogP contribution in [0.1, 0.15) is 109 Å². The highest BCUT2D eigenvalue weighted by molar-refractivity contribution is 5.83. The number of cyclic esters (lactones) is 1. The number of hydrogen-bond donors (Lipinski definition) is 2. The molecule has 16 nitrogen and oxygen atoms in total. The van der Waals surface area contributed by atoms with Gasteiger partial charge in [0.05, 0.1) is 48.1 Å². The van der Waals surface area contributed by atoms with E-state index in [9.17, 15) is 29.4 Å². The molecule has 0 aromatic rings. The minimum Gasteiger partial charge on any atom is -0.459 e. The van der Waals surface area contributed by atoms with Gasteiger partial charge in [0.1, 0.15) is 29.7 Å². The maximum absolute atomic E-state index is 14.5. The molecule has 344 valence electrons. The van der Waals surface area contributed by atoms with Crippen molar-refractivity contribution in [2.24, 2.45) is 23.7 Å². The number of terminal acetylenes is 1. The van der Waals surface area contributed by atoms with Gasteiger partial charge < -0.3 is 57.7 Å². The van der Waals surface area contributed by atoms with Crippen LogP contribution in [0.15, 0.2) is 0 Å². The molecule has 3 heterocycles. The summed E-state index contributed by atoms with van der Waals surface area (Å²) in [5.41, 5.74) is -4.56. The summed E-state index contributed by atoms with van der Waals surface area (Å²) in [6.07, 6.45) is -3.62. The zero-order chi connectivity index (χ0) is 45.7. The summed E-state index contributed by atoms with van der Waals surface area (Å²) in [5, 5.41) is 23.4. The number of carbonyl (C=O) groups is 4. The molecule has 2 N–H and O–H groups in total. The van der Waals surface area contributed by atoms with Gasteiger partial charge in [-0.1, -0.05) is 33.6 Å². The fraction of sp³-hybridized carbons (Fsp3) is 0.864. The summed E-state index contributed by atoms with van der Waals surface area (Å²) in [6.45, 7) is 19.2. The van der Waals surface area contributed by atoms with E-state index in [0.29, 0.717) is 6.42 Å². The molecule has 3 fully saturated rings. The number of ketones is 1. The summed E-state index contributed by atoms with van der Waals surface area (Å²) in [5.74, 6) is -3.55. The van der Waals surface area contributed by atoms with Crippen molar-refractivity contribution in [3.8, 4) is 12.3 Å². The maximum atomic E-state index is 14.5. The maximum Gasteiger partial charge on any atom is 0.311 e. The molecule has 16 heteroatoms. The highest BCUT2D eigenvalue weighted by atomic mass is 16.7. The van der Waals surface area contributed by atoms with Gasteiger partial charge in [0.15, 0.2) is 24.8 Å². The van der Waals surface area contributed by atoms with Crippen LogP contribution in [0.25, 0.3) is 0 Å². The molecule has 0 amide bonds. The first-order valence-electron chi connectivity index (χ1n) is 21.2. The van der Waals surface area contributed by atoms with E-state index in [-0.39, 0.29) is 43.8 Å². The second kappa shape index (κ2) is 21.1. The lowest BCUT2D eigenvalue weighted by Crippen LogP contribution is -2.62. The van der Waals surface area contributed by atoms with Crippen molar-refractivity contribution in [3.05, 3.63) is 0 Å². The fourth-order valence-corrected chi connectivity index (χ4v) is 9.42. The highest BCUT2D eigenvalue weighted by Gasteiger charge is 2.55. The van der Waals surface area contributed by atoms with Crippen molar-refractivity contribution in [2.45, 2.75) is 193 Å². The number of esters is 3. The minimum atomic E-state index is -2.03. The zero-order valence-electron chi connectivity index (χ0n) is 38.4. The second-order valence-corrected chi connectivity index (χ2v) is 18.1. The molecule has 3 aliphatic heterocycles. The van der Waals surface area contributed by atoms with Crippen LogP contribution in [-0.2, 0) is 61.8 Å². The number of ether oxygens (including phenoxy) is 9. The molecule has 0 radical (unpaired) electrons. The number of rotatable bonds is 11. The van der Waals surface area contributed by atoms with E-state index in [4.69, 9.17) is 49.1 Å².